The Balaban J connectivity index is 1.47. The van der Waals surface area contributed by atoms with Crippen molar-refractivity contribution in [3.05, 3.63) is 58.9 Å². The summed E-state index contributed by atoms with van der Waals surface area (Å²) in [5.41, 5.74) is 2.98. The number of carbonyl (C=O) groups is 1. The van der Waals surface area contributed by atoms with Crippen LogP contribution in [-0.4, -0.2) is 59.3 Å². The number of fused-ring (bicyclic) bond motifs is 1. The van der Waals surface area contributed by atoms with E-state index in [1.807, 2.05) is 36.1 Å². The Morgan fingerprint density at radius 2 is 1.97 bits per heavy atom. The number of rotatable bonds is 6. The van der Waals surface area contributed by atoms with Crippen LogP contribution in [0.25, 0.3) is 10.9 Å². The van der Waals surface area contributed by atoms with E-state index in [1.54, 1.807) is 14.0 Å². The van der Waals surface area contributed by atoms with Crippen LogP contribution in [0.5, 0.6) is 5.75 Å². The van der Waals surface area contributed by atoms with Crippen molar-refractivity contribution in [3.8, 4) is 5.75 Å². The molecular formula is C28H34N4O4. The van der Waals surface area contributed by atoms with Crippen molar-refractivity contribution < 1.29 is 19.4 Å². The maximum absolute atomic E-state index is 11.8. The largest absolute Gasteiger partial charge is 0.496 e. The molecule has 2 aliphatic heterocycles. The maximum atomic E-state index is 11.8. The van der Waals surface area contributed by atoms with Gasteiger partial charge in [-0.3, -0.25) is 4.79 Å². The molecule has 0 bridgehead atoms. The highest BCUT2D eigenvalue weighted by Gasteiger charge is 2.38. The molecule has 2 aromatic carbocycles. The van der Waals surface area contributed by atoms with Crippen molar-refractivity contribution in [2.24, 2.45) is 0 Å². The van der Waals surface area contributed by atoms with Crippen molar-refractivity contribution in [1.29, 1.82) is 0 Å². The van der Waals surface area contributed by atoms with Gasteiger partial charge in [0.2, 0.25) is 5.91 Å². The van der Waals surface area contributed by atoms with E-state index in [4.69, 9.17) is 14.5 Å². The average molecular weight is 491 g/mol. The molecule has 2 saturated heterocycles. The van der Waals surface area contributed by atoms with E-state index in [0.717, 1.165) is 65.1 Å². The Bertz CT molecular complexity index is 1280. The van der Waals surface area contributed by atoms with Crippen molar-refractivity contribution in [3.63, 3.8) is 0 Å². The number of benzene rings is 2. The normalized spacial score (nSPS) is 18.5. The lowest BCUT2D eigenvalue weighted by molar-refractivity contribution is -0.184. The fourth-order valence-electron chi connectivity index (χ4n) is 5.25. The number of hydrogen-bond donors (Lipinski definition) is 2. The summed E-state index contributed by atoms with van der Waals surface area (Å²) < 4.78 is 11.0. The molecular weight excluding hydrogens is 456 g/mol. The number of nitrogens with one attached hydrogen (secondary N) is 1. The zero-order chi connectivity index (χ0) is 25.4. The zero-order valence-corrected chi connectivity index (χ0v) is 21.4. The molecule has 36 heavy (non-hydrogen) atoms. The standard InChI is InChI=1S/C28H34N4O4/c1-17(21-6-5-7-22(12-21)28(34)15-36-16-28)29-27-24-13-23(20-8-10-32(11-9-20)19(3)33)26(35-4)14-25(24)30-18(2)31-27/h5-7,12-14,17,20,34H,8-11,15-16H2,1-4H3,(H,29,30,31)/t17-/m1/s1. The van der Waals surface area contributed by atoms with Gasteiger partial charge in [0.1, 0.15) is 23.0 Å². The Morgan fingerprint density at radius 3 is 2.61 bits per heavy atom. The monoisotopic (exact) mass is 490 g/mol. The van der Waals surface area contributed by atoms with Gasteiger partial charge in [-0.05, 0) is 55.4 Å². The second-order valence-corrected chi connectivity index (χ2v) is 10.0. The van der Waals surface area contributed by atoms with Crippen LogP contribution in [0.4, 0.5) is 5.82 Å². The minimum Gasteiger partial charge on any atom is -0.496 e. The SMILES string of the molecule is COc1cc2nc(C)nc(N[C@H](C)c3cccc(C4(O)COC4)c3)c2cc1C1CCN(C(C)=O)CC1. The maximum Gasteiger partial charge on any atom is 0.219 e. The Morgan fingerprint density at radius 1 is 1.22 bits per heavy atom. The molecule has 5 rings (SSSR count). The van der Waals surface area contributed by atoms with Crippen LogP contribution in [0.15, 0.2) is 36.4 Å². The van der Waals surface area contributed by atoms with Crippen LogP contribution in [0.3, 0.4) is 0 Å². The molecule has 1 aromatic heterocycles. The number of nitrogens with zero attached hydrogens (tertiary/aromatic N) is 3. The molecule has 0 aliphatic carbocycles. The van der Waals surface area contributed by atoms with Gasteiger partial charge in [-0.25, -0.2) is 9.97 Å². The third-order valence-electron chi connectivity index (χ3n) is 7.50. The molecule has 2 N–H and O–H groups in total. The van der Waals surface area contributed by atoms with Crippen LogP contribution < -0.4 is 10.1 Å². The van der Waals surface area contributed by atoms with Gasteiger partial charge in [-0.1, -0.05) is 24.3 Å². The molecule has 0 unspecified atom stereocenters. The number of carbonyl (C=O) groups excluding carboxylic acids is 1. The molecule has 2 aliphatic rings. The summed E-state index contributed by atoms with van der Waals surface area (Å²) in [6.07, 6.45) is 1.79. The van der Waals surface area contributed by atoms with Gasteiger partial charge < -0.3 is 24.8 Å². The summed E-state index contributed by atoms with van der Waals surface area (Å²) in [4.78, 5) is 23.1. The Labute approximate surface area is 211 Å². The molecule has 0 radical (unpaired) electrons. The summed E-state index contributed by atoms with van der Waals surface area (Å²) in [7, 11) is 1.69. The lowest BCUT2D eigenvalue weighted by Crippen LogP contribution is -2.46. The van der Waals surface area contributed by atoms with E-state index in [2.05, 4.69) is 29.4 Å². The molecule has 3 aromatic rings. The highest BCUT2D eigenvalue weighted by molar-refractivity contribution is 5.91. The first-order valence-corrected chi connectivity index (χ1v) is 12.6. The minimum atomic E-state index is -0.905. The first-order chi connectivity index (χ1) is 17.3. The molecule has 1 amide bonds. The van der Waals surface area contributed by atoms with Crippen LogP contribution in [0, 0.1) is 6.92 Å². The van der Waals surface area contributed by atoms with E-state index in [1.165, 1.54) is 0 Å². The number of piperidine rings is 1. The fraction of sp³-hybridized carbons (Fsp3) is 0.464. The van der Waals surface area contributed by atoms with Crippen molar-refractivity contribution in [1.82, 2.24) is 14.9 Å². The molecule has 3 heterocycles. The third kappa shape index (κ3) is 4.63. The second kappa shape index (κ2) is 9.67. The Kier molecular flexibility index (Phi) is 6.57. The van der Waals surface area contributed by atoms with Gasteiger partial charge in [0.05, 0.1) is 25.8 Å². The summed E-state index contributed by atoms with van der Waals surface area (Å²) in [5.74, 6) is 2.70. The number of methoxy groups -OCH3 is 1. The van der Waals surface area contributed by atoms with Gasteiger partial charge in [0.25, 0.3) is 0 Å². The number of amides is 1. The minimum absolute atomic E-state index is 0.0450. The van der Waals surface area contributed by atoms with E-state index in [-0.39, 0.29) is 11.9 Å². The summed E-state index contributed by atoms with van der Waals surface area (Å²) in [5, 5.41) is 15.2. The molecule has 0 spiro atoms. The second-order valence-electron chi connectivity index (χ2n) is 10.0. The van der Waals surface area contributed by atoms with Crippen LogP contribution in [0.2, 0.25) is 0 Å². The van der Waals surface area contributed by atoms with Gasteiger partial charge >= 0.3 is 0 Å². The molecule has 190 valence electrons. The van der Waals surface area contributed by atoms with E-state index in [9.17, 15) is 9.90 Å². The summed E-state index contributed by atoms with van der Waals surface area (Å²) >= 11 is 0. The quantitative estimate of drug-likeness (QED) is 0.538. The molecule has 1 atom stereocenters. The number of aromatic nitrogens is 2. The third-order valence-corrected chi connectivity index (χ3v) is 7.50. The van der Waals surface area contributed by atoms with Gasteiger partial charge in [0, 0.05) is 37.5 Å². The highest BCUT2D eigenvalue weighted by Crippen LogP contribution is 2.39. The molecule has 0 saturated carbocycles. The zero-order valence-electron chi connectivity index (χ0n) is 21.4. The van der Waals surface area contributed by atoms with E-state index >= 15 is 0 Å². The number of ether oxygens (including phenoxy) is 2. The topological polar surface area (TPSA) is 96.8 Å². The first kappa shape index (κ1) is 24.5. The van der Waals surface area contributed by atoms with Crippen molar-refractivity contribution >= 4 is 22.6 Å². The first-order valence-electron chi connectivity index (χ1n) is 12.6. The van der Waals surface area contributed by atoms with Crippen molar-refractivity contribution in [2.75, 3.05) is 38.7 Å². The summed E-state index contributed by atoms with van der Waals surface area (Å²) in [6, 6.07) is 12.1. The number of hydrogen-bond acceptors (Lipinski definition) is 7. The lowest BCUT2D eigenvalue weighted by atomic mass is 9.88. The number of aliphatic hydroxyl groups is 1. The number of likely N-dealkylation sites (tertiary alicyclic amines) is 1. The molecule has 2 fully saturated rings. The Hall–Kier alpha value is -3.23. The summed E-state index contributed by atoms with van der Waals surface area (Å²) in [6.45, 7) is 7.76. The van der Waals surface area contributed by atoms with Gasteiger partial charge in [-0.2, -0.15) is 0 Å². The lowest BCUT2D eigenvalue weighted by Gasteiger charge is -2.37. The van der Waals surface area contributed by atoms with Crippen LogP contribution in [-0.2, 0) is 15.1 Å². The van der Waals surface area contributed by atoms with Gasteiger partial charge in [0.15, 0.2) is 0 Å². The highest BCUT2D eigenvalue weighted by atomic mass is 16.5. The van der Waals surface area contributed by atoms with Crippen molar-refractivity contribution in [2.45, 2.75) is 51.2 Å². The number of aryl methyl sites for hydroxylation is 1. The number of anilines is 1. The van der Waals surface area contributed by atoms with E-state index < -0.39 is 5.60 Å². The fourth-order valence-corrected chi connectivity index (χ4v) is 5.25. The van der Waals surface area contributed by atoms with Crippen LogP contribution >= 0.6 is 0 Å². The molecule has 8 nitrogen and oxygen atoms in total. The average Bonchev–Trinajstić information content (AvgIpc) is 2.86. The van der Waals surface area contributed by atoms with E-state index in [0.29, 0.717) is 25.0 Å². The molecule has 8 heteroatoms. The smallest absolute Gasteiger partial charge is 0.219 e. The predicted molar refractivity (Wildman–Crippen MR) is 138 cm³/mol. The predicted octanol–water partition coefficient (Wildman–Crippen LogP) is 4.06. The van der Waals surface area contributed by atoms with Crippen LogP contribution in [0.1, 0.15) is 61.2 Å². The van der Waals surface area contributed by atoms with Gasteiger partial charge in [-0.15, -0.1) is 0 Å².